The predicted octanol–water partition coefficient (Wildman–Crippen LogP) is 4.99. The molecular formula is C26H26F3N3O4S. The van der Waals surface area contributed by atoms with Gasteiger partial charge in [-0.15, -0.1) is 0 Å². The van der Waals surface area contributed by atoms with Gasteiger partial charge in [0.15, 0.2) is 0 Å². The molecule has 7 nitrogen and oxygen atoms in total. The van der Waals surface area contributed by atoms with Crippen molar-refractivity contribution < 1.29 is 31.2 Å². The first-order chi connectivity index (χ1) is 17.4. The summed E-state index contributed by atoms with van der Waals surface area (Å²) in [6.07, 6.45) is -4.02. The van der Waals surface area contributed by atoms with Crippen molar-refractivity contribution >= 4 is 33.2 Å². The van der Waals surface area contributed by atoms with Gasteiger partial charge in [-0.05, 0) is 55.8 Å². The molecule has 0 saturated heterocycles. The van der Waals surface area contributed by atoms with Gasteiger partial charge in [0.05, 0.1) is 27.4 Å². The van der Waals surface area contributed by atoms with Crippen molar-refractivity contribution in [1.29, 1.82) is 0 Å². The molecule has 2 N–H and O–H groups in total. The van der Waals surface area contributed by atoms with E-state index in [1.54, 1.807) is 31.2 Å². The molecule has 0 aliphatic carbocycles. The highest BCUT2D eigenvalue weighted by molar-refractivity contribution is 7.92. The second kappa shape index (κ2) is 11.5. The van der Waals surface area contributed by atoms with Crippen molar-refractivity contribution in [2.45, 2.75) is 31.3 Å². The van der Waals surface area contributed by atoms with Gasteiger partial charge in [0.25, 0.3) is 15.9 Å². The number of amides is 2. The van der Waals surface area contributed by atoms with E-state index in [9.17, 15) is 31.2 Å². The molecule has 0 saturated carbocycles. The smallest absolute Gasteiger partial charge is 0.352 e. The third-order valence-electron chi connectivity index (χ3n) is 5.34. The van der Waals surface area contributed by atoms with Crippen molar-refractivity contribution in [2.75, 3.05) is 22.7 Å². The molecule has 3 aromatic carbocycles. The number of carbonyl (C=O) groups is 2. The van der Waals surface area contributed by atoms with E-state index in [0.717, 1.165) is 17.7 Å². The lowest BCUT2D eigenvalue weighted by molar-refractivity contribution is -0.137. The van der Waals surface area contributed by atoms with Gasteiger partial charge in [-0.25, -0.2) is 8.42 Å². The number of nitrogens with one attached hydrogen (secondary N) is 2. The number of benzene rings is 3. The standard InChI is InChI=1S/C26H26F3N3O4S/c1-3-15-30-25(34)22-9-4-5-10-23(22)31-24(33)17-32(20-8-6-7-19(16-20)26(27,28)29)37(35,36)21-13-11-18(2)12-14-21/h4-14,16H,3,15,17H2,1-2H3,(H,30,34)(H,31,33). The van der Waals surface area contributed by atoms with E-state index in [2.05, 4.69) is 10.6 Å². The first-order valence-corrected chi connectivity index (χ1v) is 12.8. The van der Waals surface area contributed by atoms with Gasteiger partial charge < -0.3 is 10.6 Å². The molecule has 0 spiro atoms. The average molecular weight is 534 g/mol. The summed E-state index contributed by atoms with van der Waals surface area (Å²) in [5.41, 5.74) is -0.318. The van der Waals surface area contributed by atoms with Crippen molar-refractivity contribution in [2.24, 2.45) is 0 Å². The predicted molar refractivity (Wildman–Crippen MR) is 135 cm³/mol. The highest BCUT2D eigenvalue weighted by Gasteiger charge is 2.33. The minimum atomic E-state index is -4.72. The van der Waals surface area contributed by atoms with Gasteiger partial charge in [0.2, 0.25) is 5.91 Å². The van der Waals surface area contributed by atoms with Gasteiger partial charge in [0.1, 0.15) is 6.54 Å². The van der Waals surface area contributed by atoms with E-state index >= 15 is 0 Å². The Morgan fingerprint density at radius 3 is 2.27 bits per heavy atom. The minimum absolute atomic E-state index is 0.137. The molecule has 0 atom stereocenters. The Labute approximate surface area is 213 Å². The highest BCUT2D eigenvalue weighted by atomic mass is 32.2. The van der Waals surface area contributed by atoms with Crippen molar-refractivity contribution in [3.8, 4) is 0 Å². The molecule has 0 radical (unpaired) electrons. The molecule has 0 aliphatic heterocycles. The summed E-state index contributed by atoms with van der Waals surface area (Å²) >= 11 is 0. The topological polar surface area (TPSA) is 95.6 Å². The first kappa shape index (κ1) is 27.7. The van der Waals surface area contributed by atoms with Crippen molar-refractivity contribution in [3.63, 3.8) is 0 Å². The fraction of sp³-hybridized carbons (Fsp3) is 0.231. The Morgan fingerprint density at radius 1 is 0.946 bits per heavy atom. The summed E-state index contributed by atoms with van der Waals surface area (Å²) in [5.74, 6) is -1.27. The van der Waals surface area contributed by atoms with Gasteiger partial charge in [0, 0.05) is 6.54 Å². The van der Waals surface area contributed by atoms with E-state index in [0.29, 0.717) is 23.3 Å². The van der Waals surface area contributed by atoms with E-state index in [4.69, 9.17) is 0 Å². The summed E-state index contributed by atoms with van der Waals surface area (Å²) in [5, 5.41) is 5.21. The normalized spacial score (nSPS) is 11.6. The van der Waals surface area contributed by atoms with E-state index in [1.807, 2.05) is 6.92 Å². The molecule has 0 bridgehead atoms. The van der Waals surface area contributed by atoms with Crippen molar-refractivity contribution in [1.82, 2.24) is 5.32 Å². The maximum atomic E-state index is 13.5. The lowest BCUT2D eigenvalue weighted by Gasteiger charge is -2.25. The van der Waals surface area contributed by atoms with E-state index < -0.39 is 40.1 Å². The van der Waals surface area contributed by atoms with Crippen molar-refractivity contribution in [3.05, 3.63) is 89.5 Å². The van der Waals surface area contributed by atoms with Crippen LogP contribution in [0.25, 0.3) is 0 Å². The van der Waals surface area contributed by atoms with Crippen LogP contribution in [-0.2, 0) is 21.0 Å². The van der Waals surface area contributed by atoms with Crippen LogP contribution in [0.5, 0.6) is 0 Å². The van der Waals surface area contributed by atoms with Gasteiger partial charge in [-0.2, -0.15) is 13.2 Å². The van der Waals surface area contributed by atoms with Crippen LogP contribution in [0.2, 0.25) is 0 Å². The first-order valence-electron chi connectivity index (χ1n) is 11.4. The summed E-state index contributed by atoms with van der Waals surface area (Å²) in [7, 11) is -4.43. The number of carbonyl (C=O) groups excluding carboxylic acids is 2. The number of halogens is 3. The maximum absolute atomic E-state index is 13.5. The Bertz CT molecular complexity index is 1370. The van der Waals surface area contributed by atoms with Crippen LogP contribution in [0.4, 0.5) is 24.5 Å². The average Bonchev–Trinajstić information content (AvgIpc) is 2.86. The Morgan fingerprint density at radius 2 is 1.62 bits per heavy atom. The maximum Gasteiger partial charge on any atom is 0.416 e. The van der Waals surface area contributed by atoms with Crippen LogP contribution in [-0.4, -0.2) is 33.3 Å². The molecule has 2 amide bonds. The molecule has 11 heteroatoms. The molecule has 0 aliphatic rings. The molecule has 196 valence electrons. The number of nitrogens with zero attached hydrogens (tertiary/aromatic N) is 1. The van der Waals surface area contributed by atoms with Crippen LogP contribution in [0.1, 0.15) is 34.8 Å². The molecule has 0 unspecified atom stereocenters. The number of para-hydroxylation sites is 1. The molecule has 37 heavy (non-hydrogen) atoms. The highest BCUT2D eigenvalue weighted by Crippen LogP contribution is 2.33. The zero-order valence-corrected chi connectivity index (χ0v) is 21.0. The zero-order valence-electron chi connectivity index (χ0n) is 20.2. The quantitative estimate of drug-likeness (QED) is 0.405. The zero-order chi connectivity index (χ0) is 27.2. The number of anilines is 2. The number of alkyl halides is 3. The minimum Gasteiger partial charge on any atom is -0.352 e. The summed E-state index contributed by atoms with van der Waals surface area (Å²) in [4.78, 5) is 25.3. The summed E-state index contributed by atoms with van der Waals surface area (Å²) in [6, 6.07) is 15.6. The van der Waals surface area contributed by atoms with Crippen LogP contribution in [0.3, 0.4) is 0 Å². The van der Waals surface area contributed by atoms with E-state index in [-0.39, 0.29) is 21.8 Å². The molecule has 3 aromatic rings. The fourth-order valence-electron chi connectivity index (χ4n) is 3.43. The second-order valence-corrected chi connectivity index (χ2v) is 10.1. The third kappa shape index (κ3) is 6.88. The number of hydrogen-bond acceptors (Lipinski definition) is 4. The summed E-state index contributed by atoms with van der Waals surface area (Å²) in [6.45, 7) is 3.22. The summed E-state index contributed by atoms with van der Waals surface area (Å²) < 4.78 is 67.7. The number of hydrogen-bond donors (Lipinski definition) is 2. The van der Waals surface area contributed by atoms with Crippen LogP contribution >= 0.6 is 0 Å². The SMILES string of the molecule is CCCNC(=O)c1ccccc1NC(=O)CN(c1cccc(C(F)(F)F)c1)S(=O)(=O)c1ccc(C)cc1. The molecular weight excluding hydrogens is 507 g/mol. The monoisotopic (exact) mass is 533 g/mol. The van der Waals surface area contributed by atoms with Gasteiger partial charge in [-0.1, -0.05) is 42.8 Å². The number of sulfonamides is 1. The molecule has 0 aromatic heterocycles. The van der Waals surface area contributed by atoms with Gasteiger partial charge >= 0.3 is 6.18 Å². The Hall–Kier alpha value is -3.86. The lowest BCUT2D eigenvalue weighted by atomic mass is 10.1. The van der Waals surface area contributed by atoms with Crippen LogP contribution in [0, 0.1) is 6.92 Å². The lowest BCUT2D eigenvalue weighted by Crippen LogP contribution is -2.38. The number of rotatable bonds is 9. The largest absolute Gasteiger partial charge is 0.416 e. The van der Waals surface area contributed by atoms with Crippen LogP contribution < -0.4 is 14.9 Å². The Balaban J connectivity index is 1.98. The number of aryl methyl sites for hydroxylation is 1. The van der Waals surface area contributed by atoms with Gasteiger partial charge in [-0.3, -0.25) is 13.9 Å². The Kier molecular flexibility index (Phi) is 8.59. The third-order valence-corrected chi connectivity index (χ3v) is 7.13. The van der Waals surface area contributed by atoms with E-state index in [1.165, 1.54) is 30.3 Å². The molecule has 0 heterocycles. The fourth-order valence-corrected chi connectivity index (χ4v) is 4.85. The van der Waals surface area contributed by atoms with Crippen LogP contribution in [0.15, 0.2) is 77.7 Å². The molecule has 3 rings (SSSR count). The second-order valence-electron chi connectivity index (χ2n) is 8.22. The molecule has 0 fully saturated rings.